The predicted octanol–water partition coefficient (Wildman–Crippen LogP) is 0.910. The first kappa shape index (κ1) is 22.2. The monoisotopic (exact) mass is 429 g/mol. The molecule has 9 nitrogen and oxygen atoms in total. The quantitative estimate of drug-likeness (QED) is 0.412. The molecule has 1 atom stereocenters. The molecule has 0 aromatic heterocycles. The highest BCUT2D eigenvalue weighted by Gasteiger charge is 2.20. The summed E-state index contributed by atoms with van der Waals surface area (Å²) in [7, 11) is -2.39. The highest BCUT2D eigenvalue weighted by Crippen LogP contribution is 2.16. The lowest BCUT2D eigenvalue weighted by Gasteiger charge is -2.12. The maximum atomic E-state index is 12.3. The molecule has 1 unspecified atom stereocenters. The van der Waals surface area contributed by atoms with Crippen molar-refractivity contribution >= 4 is 44.9 Å². The van der Waals surface area contributed by atoms with E-state index in [9.17, 15) is 18.0 Å². The molecule has 1 saturated heterocycles. The van der Waals surface area contributed by atoms with Gasteiger partial charge in [0.05, 0.1) is 24.5 Å². The molecule has 0 spiro atoms. The third-order valence-electron chi connectivity index (χ3n) is 3.98. The molecule has 1 aromatic carbocycles. The van der Waals surface area contributed by atoms with E-state index in [1.807, 2.05) is 0 Å². The van der Waals surface area contributed by atoms with Crippen molar-refractivity contribution in [2.75, 3.05) is 25.6 Å². The summed E-state index contributed by atoms with van der Waals surface area (Å²) in [6.45, 7) is 0.899. The van der Waals surface area contributed by atoms with Gasteiger partial charge < -0.3 is 20.1 Å². The molecule has 0 aliphatic carbocycles. The molecule has 1 amide bonds. The van der Waals surface area contributed by atoms with Gasteiger partial charge in [-0.15, -0.1) is 0 Å². The van der Waals surface area contributed by atoms with Crippen molar-refractivity contribution < 1.29 is 27.5 Å². The fraction of sp³-hybridized carbons (Fsp3) is 0.471. The van der Waals surface area contributed by atoms with Gasteiger partial charge in [0, 0.05) is 25.3 Å². The number of benzene rings is 1. The molecule has 1 fully saturated rings. The van der Waals surface area contributed by atoms with Gasteiger partial charge in [0.2, 0.25) is 15.9 Å². The normalized spacial score (nSPS) is 16.4. The molecule has 0 radical (unpaired) electrons. The standard InChI is InChI=1S/C17H23N3O6S2/c1-25-16(22)9-8-15(21)20-17(27)19-12-4-6-14(7-5-12)28(23,24)18-11-13-3-2-10-26-13/h4-7,13,18H,2-3,8-11H2,1H3,(H2,19,20,21,27). The van der Waals surface area contributed by atoms with Gasteiger partial charge in [0.1, 0.15) is 0 Å². The summed E-state index contributed by atoms with van der Waals surface area (Å²) >= 11 is 5.03. The van der Waals surface area contributed by atoms with Crippen LogP contribution in [0.25, 0.3) is 0 Å². The summed E-state index contributed by atoms with van der Waals surface area (Å²) in [6.07, 6.45) is 1.59. The summed E-state index contributed by atoms with van der Waals surface area (Å²) in [4.78, 5) is 22.8. The van der Waals surface area contributed by atoms with E-state index in [1.54, 1.807) is 0 Å². The van der Waals surface area contributed by atoms with Crippen LogP contribution in [0.5, 0.6) is 0 Å². The van der Waals surface area contributed by atoms with Crippen molar-refractivity contribution in [3.63, 3.8) is 0 Å². The van der Waals surface area contributed by atoms with Crippen LogP contribution >= 0.6 is 12.2 Å². The number of thiocarbonyl (C=S) groups is 1. The predicted molar refractivity (Wildman–Crippen MR) is 106 cm³/mol. The van der Waals surface area contributed by atoms with E-state index in [0.29, 0.717) is 12.3 Å². The number of sulfonamides is 1. The minimum Gasteiger partial charge on any atom is -0.469 e. The van der Waals surface area contributed by atoms with E-state index in [4.69, 9.17) is 17.0 Å². The lowest BCUT2D eigenvalue weighted by molar-refractivity contribution is -0.142. The third-order valence-corrected chi connectivity index (χ3v) is 5.63. The highest BCUT2D eigenvalue weighted by molar-refractivity contribution is 7.89. The molecule has 1 heterocycles. The molecule has 1 aromatic rings. The number of rotatable bonds is 8. The summed E-state index contributed by atoms with van der Waals surface area (Å²) < 4.78 is 37.0. The zero-order valence-electron chi connectivity index (χ0n) is 15.4. The number of hydrogen-bond acceptors (Lipinski definition) is 7. The molecule has 0 saturated carbocycles. The fourth-order valence-electron chi connectivity index (χ4n) is 2.48. The average molecular weight is 430 g/mol. The molecular formula is C17H23N3O6S2. The highest BCUT2D eigenvalue weighted by atomic mass is 32.2. The topological polar surface area (TPSA) is 123 Å². The number of methoxy groups -OCH3 is 1. The van der Waals surface area contributed by atoms with Crippen LogP contribution in [0.4, 0.5) is 5.69 Å². The van der Waals surface area contributed by atoms with Gasteiger partial charge in [-0.25, -0.2) is 13.1 Å². The lowest BCUT2D eigenvalue weighted by Crippen LogP contribution is -2.34. The Balaban J connectivity index is 1.83. The Bertz CT molecular complexity index is 805. The molecule has 2 rings (SSSR count). The van der Waals surface area contributed by atoms with Crippen molar-refractivity contribution in [1.82, 2.24) is 10.0 Å². The third kappa shape index (κ3) is 7.15. The molecule has 154 valence electrons. The molecule has 1 aliphatic heterocycles. The summed E-state index contributed by atoms with van der Waals surface area (Å²) in [5.41, 5.74) is 0.511. The van der Waals surface area contributed by atoms with Crippen LogP contribution in [-0.2, 0) is 29.1 Å². The Morgan fingerprint density at radius 1 is 1.25 bits per heavy atom. The van der Waals surface area contributed by atoms with Crippen LogP contribution in [0.15, 0.2) is 29.2 Å². The molecule has 1 aliphatic rings. The average Bonchev–Trinajstić information content (AvgIpc) is 3.18. The number of nitrogens with one attached hydrogen (secondary N) is 3. The molecule has 0 bridgehead atoms. The Hall–Kier alpha value is -2.08. The molecular weight excluding hydrogens is 406 g/mol. The van der Waals surface area contributed by atoms with E-state index in [2.05, 4.69) is 20.1 Å². The Kier molecular flexibility index (Phi) is 8.30. The van der Waals surface area contributed by atoms with Crippen molar-refractivity contribution in [3.05, 3.63) is 24.3 Å². The summed E-state index contributed by atoms with van der Waals surface area (Å²) in [5.74, 6) is -0.917. The summed E-state index contributed by atoms with van der Waals surface area (Å²) in [6, 6.07) is 5.94. The van der Waals surface area contributed by atoms with Gasteiger partial charge in [-0.2, -0.15) is 0 Å². The van der Waals surface area contributed by atoms with Crippen LogP contribution in [0.3, 0.4) is 0 Å². The number of anilines is 1. The maximum Gasteiger partial charge on any atom is 0.306 e. The van der Waals surface area contributed by atoms with Crippen LogP contribution < -0.4 is 15.4 Å². The van der Waals surface area contributed by atoms with E-state index < -0.39 is 21.9 Å². The van der Waals surface area contributed by atoms with Crippen molar-refractivity contribution in [3.8, 4) is 0 Å². The van der Waals surface area contributed by atoms with Crippen molar-refractivity contribution in [2.45, 2.75) is 36.7 Å². The van der Waals surface area contributed by atoms with Gasteiger partial charge in [-0.3, -0.25) is 9.59 Å². The first-order valence-electron chi connectivity index (χ1n) is 8.69. The van der Waals surface area contributed by atoms with E-state index in [-0.39, 0.29) is 35.5 Å². The Labute approximate surface area is 169 Å². The second-order valence-corrected chi connectivity index (χ2v) is 8.26. The molecule has 11 heteroatoms. The smallest absolute Gasteiger partial charge is 0.306 e. The zero-order valence-corrected chi connectivity index (χ0v) is 17.0. The van der Waals surface area contributed by atoms with Crippen molar-refractivity contribution in [1.29, 1.82) is 0 Å². The van der Waals surface area contributed by atoms with Gasteiger partial charge in [0.15, 0.2) is 5.11 Å². The first-order valence-corrected chi connectivity index (χ1v) is 10.6. The molecule has 3 N–H and O–H groups in total. The van der Waals surface area contributed by atoms with E-state index in [0.717, 1.165) is 12.8 Å². The van der Waals surface area contributed by atoms with Gasteiger partial charge >= 0.3 is 5.97 Å². The van der Waals surface area contributed by atoms with Crippen LogP contribution in [-0.4, -0.2) is 51.8 Å². The zero-order chi connectivity index (χ0) is 20.6. The number of carbonyl (C=O) groups excluding carboxylic acids is 2. The van der Waals surface area contributed by atoms with Crippen molar-refractivity contribution in [2.24, 2.45) is 0 Å². The van der Waals surface area contributed by atoms with E-state index in [1.165, 1.54) is 31.4 Å². The van der Waals surface area contributed by atoms with E-state index >= 15 is 0 Å². The number of ether oxygens (including phenoxy) is 2. The minimum atomic E-state index is -3.63. The SMILES string of the molecule is COC(=O)CCC(=O)NC(=S)Nc1ccc(S(=O)(=O)NCC2CCCO2)cc1. The second-order valence-electron chi connectivity index (χ2n) is 6.09. The van der Waals surface area contributed by atoms with Crippen LogP contribution in [0.1, 0.15) is 25.7 Å². The number of esters is 1. The Morgan fingerprint density at radius 2 is 1.96 bits per heavy atom. The van der Waals surface area contributed by atoms with Gasteiger partial charge in [0.25, 0.3) is 0 Å². The molecule has 28 heavy (non-hydrogen) atoms. The number of amides is 1. The van der Waals surface area contributed by atoms with Gasteiger partial charge in [-0.1, -0.05) is 0 Å². The second kappa shape index (κ2) is 10.5. The fourth-order valence-corrected chi connectivity index (χ4v) is 3.78. The largest absolute Gasteiger partial charge is 0.469 e. The first-order chi connectivity index (χ1) is 13.3. The number of hydrogen-bond donors (Lipinski definition) is 3. The minimum absolute atomic E-state index is 0.0435. The maximum absolute atomic E-state index is 12.3. The van der Waals surface area contributed by atoms with Crippen LogP contribution in [0, 0.1) is 0 Å². The lowest BCUT2D eigenvalue weighted by atomic mass is 10.2. The van der Waals surface area contributed by atoms with Crippen LogP contribution in [0.2, 0.25) is 0 Å². The summed E-state index contributed by atoms with van der Waals surface area (Å²) in [5, 5.41) is 5.25. The van der Waals surface area contributed by atoms with Gasteiger partial charge in [-0.05, 0) is 49.3 Å². The Morgan fingerprint density at radius 3 is 2.57 bits per heavy atom. The number of carbonyl (C=O) groups is 2.